The second-order valence-electron chi connectivity index (χ2n) is 7.56. The van der Waals surface area contributed by atoms with Crippen LogP contribution in [0.5, 0.6) is 0 Å². The van der Waals surface area contributed by atoms with Crippen molar-refractivity contribution in [2.45, 2.75) is 31.2 Å². The molecule has 0 saturated carbocycles. The molecule has 1 aliphatic heterocycles. The van der Waals surface area contributed by atoms with E-state index in [1.165, 1.54) is 6.42 Å². The molecule has 2 aromatic rings. The molecule has 0 radical (unpaired) electrons. The summed E-state index contributed by atoms with van der Waals surface area (Å²) in [6, 6.07) is 18.8. The number of Topliss-reactive ketones (excluding diaryl/α,β-unsaturated/α-hetero) is 2. The van der Waals surface area contributed by atoms with Crippen LogP contribution in [0.2, 0.25) is 0 Å². The van der Waals surface area contributed by atoms with Crippen molar-refractivity contribution < 1.29 is 9.59 Å². The number of allylic oxidation sites excluding steroid dienone is 2. The molecule has 1 saturated heterocycles. The Bertz CT molecular complexity index is 908. The van der Waals surface area contributed by atoms with Gasteiger partial charge in [0.05, 0.1) is 0 Å². The number of hydrogen-bond donors (Lipinski definition) is 0. The van der Waals surface area contributed by atoms with Crippen LogP contribution in [-0.2, 0) is 0 Å². The lowest BCUT2D eigenvalue weighted by molar-refractivity contribution is 0.0612. The van der Waals surface area contributed by atoms with Crippen LogP contribution >= 0.6 is 0 Å². The van der Waals surface area contributed by atoms with Crippen molar-refractivity contribution in [1.82, 2.24) is 4.90 Å². The summed E-state index contributed by atoms with van der Waals surface area (Å²) in [5.41, 5.74) is 1.38. The summed E-state index contributed by atoms with van der Waals surface area (Å²) in [6.45, 7) is 1.83. The van der Waals surface area contributed by atoms with E-state index in [2.05, 4.69) is 4.90 Å². The highest BCUT2D eigenvalue weighted by atomic mass is 16.1. The molecular weight excluding hydrogens is 346 g/mol. The fraction of sp³-hybridized carbons (Fsp3) is 0.280. The van der Waals surface area contributed by atoms with Crippen molar-refractivity contribution in [1.29, 1.82) is 0 Å². The molecule has 0 aromatic heterocycles. The molecule has 1 heterocycles. The Kier molecular flexibility index (Phi) is 5.36. The Morgan fingerprint density at radius 2 is 1.39 bits per heavy atom. The second kappa shape index (κ2) is 8.07. The minimum absolute atomic E-state index is 0.0104. The molecule has 0 spiro atoms. The van der Waals surface area contributed by atoms with E-state index in [0.29, 0.717) is 17.6 Å². The quantitative estimate of drug-likeness (QED) is 0.704. The summed E-state index contributed by atoms with van der Waals surface area (Å²) in [5.74, 6) is 0.130. The van der Waals surface area contributed by atoms with Gasteiger partial charge in [0.1, 0.15) is 5.54 Å². The van der Waals surface area contributed by atoms with Gasteiger partial charge >= 0.3 is 0 Å². The average molecular weight is 371 g/mol. The molecule has 1 aliphatic carbocycles. The van der Waals surface area contributed by atoms with Gasteiger partial charge in [-0.2, -0.15) is 0 Å². The first kappa shape index (κ1) is 18.6. The summed E-state index contributed by atoms with van der Waals surface area (Å²) in [7, 11) is 0. The zero-order valence-electron chi connectivity index (χ0n) is 16.0. The molecule has 1 atom stereocenters. The number of ketones is 2. The highest BCUT2D eigenvalue weighted by Crippen LogP contribution is 2.34. The predicted molar refractivity (Wildman–Crippen MR) is 112 cm³/mol. The van der Waals surface area contributed by atoms with E-state index >= 15 is 0 Å². The molecule has 3 heteroatoms. The number of benzene rings is 2. The average Bonchev–Trinajstić information content (AvgIpc) is 2.80. The third-order valence-corrected chi connectivity index (χ3v) is 5.82. The van der Waals surface area contributed by atoms with Crippen LogP contribution in [-0.4, -0.2) is 35.1 Å². The van der Waals surface area contributed by atoms with Crippen LogP contribution in [0.15, 0.2) is 84.5 Å². The number of nitrogens with zero attached hydrogens (tertiary/aromatic N) is 1. The van der Waals surface area contributed by atoms with E-state index in [0.717, 1.165) is 31.5 Å². The number of carbonyl (C=O) groups is 2. The zero-order valence-corrected chi connectivity index (χ0v) is 16.0. The first-order valence-corrected chi connectivity index (χ1v) is 10.0. The molecule has 4 rings (SSSR count). The summed E-state index contributed by atoms with van der Waals surface area (Å²) < 4.78 is 0. The largest absolute Gasteiger partial charge is 0.292 e. The van der Waals surface area contributed by atoms with Crippen LogP contribution in [0.4, 0.5) is 0 Å². The van der Waals surface area contributed by atoms with Crippen molar-refractivity contribution in [2.75, 3.05) is 13.1 Å². The van der Waals surface area contributed by atoms with Gasteiger partial charge in [-0.25, -0.2) is 0 Å². The van der Waals surface area contributed by atoms with Crippen LogP contribution in [0.3, 0.4) is 0 Å². The number of hydrogen-bond acceptors (Lipinski definition) is 3. The van der Waals surface area contributed by atoms with E-state index in [4.69, 9.17) is 0 Å². The Morgan fingerprint density at radius 3 is 1.96 bits per heavy atom. The normalized spacial score (nSPS) is 22.5. The van der Waals surface area contributed by atoms with E-state index in [1.807, 2.05) is 78.9 Å². The molecule has 2 aromatic carbocycles. The molecular formula is C25H25NO2. The lowest BCUT2D eigenvalue weighted by atomic mass is 9.78. The molecule has 0 amide bonds. The molecule has 1 unspecified atom stereocenters. The SMILES string of the molecule is O=C(C1=CCC(C(=O)c2ccccc2)(N2CCCCC2)C=C1)c1ccccc1. The summed E-state index contributed by atoms with van der Waals surface area (Å²) >= 11 is 0. The van der Waals surface area contributed by atoms with Gasteiger partial charge in [0, 0.05) is 16.7 Å². The van der Waals surface area contributed by atoms with Gasteiger partial charge in [-0.3, -0.25) is 14.5 Å². The monoisotopic (exact) mass is 371 g/mol. The summed E-state index contributed by atoms with van der Waals surface area (Å²) in [5, 5.41) is 0. The molecule has 3 nitrogen and oxygen atoms in total. The maximum Gasteiger partial charge on any atom is 0.192 e. The third kappa shape index (κ3) is 3.50. The number of piperidine rings is 1. The fourth-order valence-corrected chi connectivity index (χ4v) is 4.23. The van der Waals surface area contributed by atoms with Gasteiger partial charge in [-0.15, -0.1) is 0 Å². The lowest BCUT2D eigenvalue weighted by Gasteiger charge is -2.43. The van der Waals surface area contributed by atoms with E-state index in [-0.39, 0.29) is 11.6 Å². The topological polar surface area (TPSA) is 37.4 Å². The maximum atomic E-state index is 13.6. The smallest absolute Gasteiger partial charge is 0.192 e. The van der Waals surface area contributed by atoms with Crippen LogP contribution < -0.4 is 0 Å². The van der Waals surface area contributed by atoms with Gasteiger partial charge in [0.25, 0.3) is 0 Å². The Balaban J connectivity index is 1.65. The number of likely N-dealkylation sites (tertiary alicyclic amines) is 1. The fourth-order valence-electron chi connectivity index (χ4n) is 4.23. The van der Waals surface area contributed by atoms with E-state index < -0.39 is 5.54 Å². The van der Waals surface area contributed by atoms with Crippen molar-refractivity contribution in [3.8, 4) is 0 Å². The second-order valence-corrected chi connectivity index (χ2v) is 7.56. The highest BCUT2D eigenvalue weighted by Gasteiger charge is 2.43. The first-order valence-electron chi connectivity index (χ1n) is 10.0. The Morgan fingerprint density at radius 1 is 0.786 bits per heavy atom. The van der Waals surface area contributed by atoms with Gasteiger partial charge < -0.3 is 0 Å². The highest BCUT2D eigenvalue weighted by molar-refractivity contribution is 6.12. The van der Waals surface area contributed by atoms with Gasteiger partial charge in [0.2, 0.25) is 0 Å². The third-order valence-electron chi connectivity index (χ3n) is 5.82. The van der Waals surface area contributed by atoms with Crippen LogP contribution in [0.1, 0.15) is 46.4 Å². The Labute approximate surface area is 166 Å². The predicted octanol–water partition coefficient (Wildman–Crippen LogP) is 4.86. The van der Waals surface area contributed by atoms with Crippen LogP contribution in [0, 0.1) is 0 Å². The number of rotatable bonds is 5. The minimum atomic E-state index is -0.692. The molecule has 0 bridgehead atoms. The zero-order chi connectivity index (χ0) is 19.4. The maximum absolute atomic E-state index is 13.6. The number of carbonyl (C=O) groups excluding carboxylic acids is 2. The molecule has 2 aliphatic rings. The molecule has 1 fully saturated rings. The minimum Gasteiger partial charge on any atom is -0.292 e. The molecule has 0 N–H and O–H groups in total. The van der Waals surface area contributed by atoms with Gasteiger partial charge in [-0.1, -0.05) is 85.3 Å². The van der Waals surface area contributed by atoms with E-state index in [1.54, 1.807) is 0 Å². The summed E-state index contributed by atoms with van der Waals surface area (Å²) in [6.07, 6.45) is 9.74. The standard InChI is InChI=1S/C25H25NO2/c27-23(20-10-4-1-5-11-20)21-14-16-25(17-15-21,26-18-8-3-9-19-26)24(28)22-12-6-2-7-13-22/h1-2,4-7,10-16H,3,8-9,17-19H2. The van der Waals surface area contributed by atoms with Crippen molar-refractivity contribution >= 4 is 11.6 Å². The Hall–Kier alpha value is -2.78. The van der Waals surface area contributed by atoms with Crippen LogP contribution in [0.25, 0.3) is 0 Å². The lowest BCUT2D eigenvalue weighted by Crippen LogP contribution is -2.55. The molecule has 142 valence electrons. The van der Waals surface area contributed by atoms with Crippen molar-refractivity contribution in [2.24, 2.45) is 0 Å². The molecule has 28 heavy (non-hydrogen) atoms. The van der Waals surface area contributed by atoms with Crippen molar-refractivity contribution in [3.05, 3.63) is 95.6 Å². The summed E-state index contributed by atoms with van der Waals surface area (Å²) in [4.78, 5) is 28.7. The first-order chi connectivity index (χ1) is 13.7. The van der Waals surface area contributed by atoms with Gasteiger partial charge in [0.15, 0.2) is 11.6 Å². The van der Waals surface area contributed by atoms with Crippen molar-refractivity contribution in [3.63, 3.8) is 0 Å². The van der Waals surface area contributed by atoms with E-state index in [9.17, 15) is 9.59 Å². The van der Waals surface area contributed by atoms with Gasteiger partial charge in [-0.05, 0) is 32.4 Å².